The summed E-state index contributed by atoms with van der Waals surface area (Å²) in [5.74, 6) is -0.478. The lowest BCUT2D eigenvalue weighted by atomic mass is 9.99. The molecule has 8 heteroatoms. The summed E-state index contributed by atoms with van der Waals surface area (Å²) in [6, 6.07) is 22.4. The minimum Gasteiger partial charge on any atom is -0.481 e. The Morgan fingerprint density at radius 3 is 2.17 bits per heavy atom. The van der Waals surface area contributed by atoms with Gasteiger partial charge in [0.05, 0.1) is 23.6 Å². The van der Waals surface area contributed by atoms with Gasteiger partial charge in [0.1, 0.15) is 11.5 Å². The van der Waals surface area contributed by atoms with Gasteiger partial charge >= 0.3 is 11.9 Å². The Balaban J connectivity index is 0.000000392. The highest BCUT2D eigenvalue weighted by Crippen LogP contribution is 2.34. The second-order valence-corrected chi connectivity index (χ2v) is 8.85. The summed E-state index contributed by atoms with van der Waals surface area (Å²) in [4.78, 5) is 19.3. The Hall–Kier alpha value is -3.55. The molecule has 0 spiro atoms. The lowest BCUT2D eigenvalue weighted by Gasteiger charge is -2.21. The second-order valence-electron chi connectivity index (χ2n) is 8.45. The van der Waals surface area contributed by atoms with Crippen LogP contribution in [0.1, 0.15) is 42.5 Å². The summed E-state index contributed by atoms with van der Waals surface area (Å²) in [6.07, 6.45) is 1.44. The molecule has 0 saturated heterocycles. The number of halogens is 1. The van der Waals surface area contributed by atoms with Gasteiger partial charge in [0, 0.05) is 6.04 Å². The van der Waals surface area contributed by atoms with E-state index in [1.54, 1.807) is 0 Å². The van der Waals surface area contributed by atoms with Crippen molar-refractivity contribution in [3.05, 3.63) is 88.4 Å². The van der Waals surface area contributed by atoms with Crippen molar-refractivity contribution in [3.63, 3.8) is 0 Å². The molecule has 4 rings (SSSR count). The van der Waals surface area contributed by atoms with E-state index in [4.69, 9.17) is 26.6 Å². The first kappa shape index (κ1) is 27.0. The number of carboxylic acids is 2. The van der Waals surface area contributed by atoms with Crippen molar-refractivity contribution in [2.24, 2.45) is 0 Å². The number of ether oxygens (including phenoxy) is 1. The Morgan fingerprint density at radius 2 is 1.53 bits per heavy atom. The smallest absolute Gasteiger partial charge is 0.303 e. The third kappa shape index (κ3) is 8.29. The molecule has 1 heterocycles. The van der Waals surface area contributed by atoms with Crippen molar-refractivity contribution >= 4 is 29.2 Å². The van der Waals surface area contributed by atoms with E-state index in [-0.39, 0.29) is 18.9 Å². The Bertz CT molecular complexity index is 1140. The van der Waals surface area contributed by atoms with Crippen molar-refractivity contribution in [2.75, 3.05) is 18.4 Å². The number of hydrogen-bond acceptors (Lipinski definition) is 5. The van der Waals surface area contributed by atoms with E-state index in [1.807, 2.05) is 48.5 Å². The average Bonchev–Trinajstić information content (AvgIpc) is 3.12. The fourth-order valence-electron chi connectivity index (χ4n) is 3.86. The van der Waals surface area contributed by atoms with Gasteiger partial charge in [-0.3, -0.25) is 9.59 Å². The predicted molar refractivity (Wildman–Crippen MR) is 141 cm³/mol. The number of anilines is 1. The van der Waals surface area contributed by atoms with Gasteiger partial charge < -0.3 is 25.6 Å². The van der Waals surface area contributed by atoms with E-state index in [2.05, 4.69) is 35.8 Å². The van der Waals surface area contributed by atoms with Gasteiger partial charge in [-0.2, -0.15) is 0 Å². The molecule has 0 aromatic heterocycles. The molecule has 4 N–H and O–H groups in total. The van der Waals surface area contributed by atoms with Crippen LogP contribution in [0, 0.1) is 0 Å². The molecule has 7 nitrogen and oxygen atoms in total. The number of para-hydroxylation sites is 1. The largest absolute Gasteiger partial charge is 0.481 e. The highest BCUT2D eigenvalue weighted by molar-refractivity contribution is 6.33. The molecule has 1 aliphatic rings. The quantitative estimate of drug-likeness (QED) is 0.297. The van der Waals surface area contributed by atoms with E-state index in [1.165, 1.54) is 16.7 Å². The molecule has 1 aliphatic heterocycles. The summed E-state index contributed by atoms with van der Waals surface area (Å²) in [6.45, 7) is 4.17. The van der Waals surface area contributed by atoms with Crippen molar-refractivity contribution in [3.8, 4) is 11.5 Å². The van der Waals surface area contributed by atoms with Gasteiger partial charge in [-0.1, -0.05) is 48.0 Å². The number of hydrogen-bond donors (Lipinski definition) is 4. The zero-order chi connectivity index (χ0) is 25.9. The summed E-state index contributed by atoms with van der Waals surface area (Å²) in [5, 5.41) is 23.7. The van der Waals surface area contributed by atoms with E-state index < -0.39 is 11.9 Å². The van der Waals surface area contributed by atoms with Crippen molar-refractivity contribution in [1.82, 2.24) is 5.32 Å². The first-order valence-corrected chi connectivity index (χ1v) is 12.2. The van der Waals surface area contributed by atoms with Gasteiger partial charge in [0.15, 0.2) is 0 Å². The molecule has 36 heavy (non-hydrogen) atoms. The van der Waals surface area contributed by atoms with Crippen molar-refractivity contribution < 1.29 is 24.5 Å². The van der Waals surface area contributed by atoms with Crippen LogP contribution in [0.5, 0.6) is 11.5 Å². The zero-order valence-corrected chi connectivity index (χ0v) is 20.9. The monoisotopic (exact) mass is 510 g/mol. The van der Waals surface area contributed by atoms with Crippen molar-refractivity contribution in [1.29, 1.82) is 0 Å². The van der Waals surface area contributed by atoms with Crippen LogP contribution in [0.25, 0.3) is 0 Å². The summed E-state index contributed by atoms with van der Waals surface area (Å²) >= 11 is 6.56. The fraction of sp³-hybridized carbons (Fsp3) is 0.286. The molecule has 0 bridgehead atoms. The minimum absolute atomic E-state index is 0.144. The molecule has 190 valence electrons. The lowest BCUT2D eigenvalue weighted by Crippen LogP contribution is -2.16. The van der Waals surface area contributed by atoms with Crippen LogP contribution in [0.3, 0.4) is 0 Å². The third-order valence-corrected chi connectivity index (χ3v) is 6.07. The SMILES string of the molecule is CC(Nc1c(Cl)ccc2c1CCNCC2)c1ccc(Oc2ccccc2)cc1.O=C(O)CCC(=O)O. The van der Waals surface area contributed by atoms with Crippen LogP contribution < -0.4 is 15.4 Å². The predicted octanol–water partition coefficient (Wildman–Crippen LogP) is 5.93. The highest BCUT2D eigenvalue weighted by atomic mass is 35.5. The van der Waals surface area contributed by atoms with Crippen LogP contribution in [0.2, 0.25) is 5.02 Å². The van der Waals surface area contributed by atoms with Crippen LogP contribution >= 0.6 is 11.6 Å². The zero-order valence-electron chi connectivity index (χ0n) is 20.2. The maximum absolute atomic E-state index is 9.64. The van der Waals surface area contributed by atoms with E-state index in [0.717, 1.165) is 48.1 Å². The van der Waals surface area contributed by atoms with Crippen LogP contribution in [0.15, 0.2) is 66.7 Å². The number of fused-ring (bicyclic) bond motifs is 1. The summed E-state index contributed by atoms with van der Waals surface area (Å²) in [5.41, 5.74) is 4.99. The Morgan fingerprint density at radius 1 is 0.917 bits per heavy atom. The molecule has 0 aliphatic carbocycles. The summed E-state index contributed by atoms with van der Waals surface area (Å²) < 4.78 is 5.89. The molecule has 3 aromatic carbocycles. The van der Waals surface area contributed by atoms with Gasteiger partial charge in [-0.25, -0.2) is 0 Å². The second kappa shape index (κ2) is 13.5. The normalized spacial score (nSPS) is 13.3. The first-order valence-electron chi connectivity index (χ1n) is 11.9. The van der Waals surface area contributed by atoms with Gasteiger partial charge in [0.2, 0.25) is 0 Å². The summed E-state index contributed by atoms with van der Waals surface area (Å²) in [7, 11) is 0. The highest BCUT2D eigenvalue weighted by Gasteiger charge is 2.17. The van der Waals surface area contributed by atoms with E-state index in [0.29, 0.717) is 0 Å². The number of carbonyl (C=O) groups is 2. The topological polar surface area (TPSA) is 108 Å². The Labute approximate surface area is 216 Å². The molecule has 0 amide bonds. The number of nitrogens with one attached hydrogen (secondary N) is 2. The first-order chi connectivity index (χ1) is 17.3. The molecule has 0 saturated carbocycles. The van der Waals surface area contributed by atoms with E-state index >= 15 is 0 Å². The number of benzene rings is 3. The number of aliphatic carboxylic acids is 2. The molecule has 0 fully saturated rings. The Kier molecular flexibility index (Phi) is 10.2. The molecule has 1 atom stereocenters. The minimum atomic E-state index is -1.08. The fourth-order valence-corrected chi connectivity index (χ4v) is 4.09. The van der Waals surface area contributed by atoms with Gasteiger partial charge in [0.25, 0.3) is 0 Å². The molecule has 0 radical (unpaired) electrons. The number of carboxylic acid groups (broad SMARTS) is 2. The maximum atomic E-state index is 9.64. The molecule has 1 unspecified atom stereocenters. The lowest BCUT2D eigenvalue weighted by molar-refractivity contribution is -0.143. The molecular formula is C28H31ClN2O5. The van der Waals surface area contributed by atoms with E-state index in [9.17, 15) is 9.59 Å². The van der Waals surface area contributed by atoms with Crippen LogP contribution in [-0.2, 0) is 22.4 Å². The van der Waals surface area contributed by atoms with Crippen molar-refractivity contribution in [2.45, 2.75) is 38.6 Å². The van der Waals surface area contributed by atoms with Gasteiger partial charge in [-0.05, 0) is 79.9 Å². The van der Waals surface area contributed by atoms with Crippen LogP contribution in [0.4, 0.5) is 5.69 Å². The standard InChI is InChI=1S/C24H25ClN2O.C4H6O4/c1-17(18-7-10-21(11-8-18)28-20-5-3-2-4-6-20)27-24-22-14-16-26-15-13-19(22)9-12-23(24)25;5-3(6)1-2-4(7)8/h2-12,17,26-27H,13-16H2,1H3;1-2H2,(H,5,6)(H,7,8). The third-order valence-electron chi connectivity index (χ3n) is 5.75. The molecule has 3 aromatic rings. The number of rotatable bonds is 8. The maximum Gasteiger partial charge on any atom is 0.303 e. The van der Waals surface area contributed by atoms with Crippen LogP contribution in [-0.4, -0.2) is 35.2 Å². The molecular weight excluding hydrogens is 480 g/mol. The van der Waals surface area contributed by atoms with Gasteiger partial charge in [-0.15, -0.1) is 0 Å². The average molecular weight is 511 g/mol.